The fourth-order valence-corrected chi connectivity index (χ4v) is 2.54. The number of ketones is 1. The molecule has 1 aromatic rings. The van der Waals surface area contributed by atoms with Crippen molar-refractivity contribution in [3.63, 3.8) is 0 Å². The van der Waals surface area contributed by atoms with Gasteiger partial charge in [-0.15, -0.1) is 6.58 Å². The summed E-state index contributed by atoms with van der Waals surface area (Å²) in [6.07, 6.45) is 7.84. The summed E-state index contributed by atoms with van der Waals surface area (Å²) >= 11 is 0. The van der Waals surface area contributed by atoms with Gasteiger partial charge in [0.1, 0.15) is 5.75 Å². The van der Waals surface area contributed by atoms with Gasteiger partial charge >= 0.3 is 0 Å². The summed E-state index contributed by atoms with van der Waals surface area (Å²) in [6.45, 7) is 4.98. The van der Waals surface area contributed by atoms with Crippen molar-refractivity contribution < 1.29 is 14.3 Å². The monoisotopic (exact) mass is 286 g/mol. The number of ether oxygens (including phenoxy) is 2. The summed E-state index contributed by atoms with van der Waals surface area (Å²) in [5.74, 6) is 1.04. The van der Waals surface area contributed by atoms with Gasteiger partial charge in [0, 0.05) is 11.8 Å². The normalized spacial score (nSPS) is 21.3. The summed E-state index contributed by atoms with van der Waals surface area (Å²) in [5.41, 5.74) is 1.03. The number of allylic oxidation sites excluding steroid dienone is 2. The van der Waals surface area contributed by atoms with Gasteiger partial charge in [0.25, 0.3) is 0 Å². The lowest BCUT2D eigenvalue weighted by Gasteiger charge is -2.31. The van der Waals surface area contributed by atoms with Crippen LogP contribution >= 0.6 is 0 Å². The number of rotatable bonds is 7. The lowest BCUT2D eigenvalue weighted by Crippen LogP contribution is -2.28. The molecule has 1 aliphatic carbocycles. The SMILES string of the molecule is C=CC[C@@]1(COCc2ccc(OC)cc2)C=CC(=O)CC1. The minimum atomic E-state index is -0.0812. The largest absolute Gasteiger partial charge is 0.497 e. The molecule has 0 saturated carbocycles. The van der Waals surface area contributed by atoms with E-state index in [0.717, 1.165) is 24.2 Å². The van der Waals surface area contributed by atoms with E-state index in [-0.39, 0.29) is 11.2 Å². The Bertz CT molecular complexity index is 516. The van der Waals surface area contributed by atoms with Gasteiger partial charge in [-0.05, 0) is 36.6 Å². The zero-order chi connectivity index (χ0) is 15.1. The van der Waals surface area contributed by atoms with Crippen LogP contribution in [0.1, 0.15) is 24.8 Å². The van der Waals surface area contributed by atoms with Crippen LogP contribution in [0, 0.1) is 5.41 Å². The molecule has 0 radical (unpaired) electrons. The zero-order valence-electron chi connectivity index (χ0n) is 12.5. The molecule has 1 atom stereocenters. The van der Waals surface area contributed by atoms with Gasteiger partial charge in [-0.2, -0.15) is 0 Å². The molecule has 1 aromatic carbocycles. The fourth-order valence-electron chi connectivity index (χ4n) is 2.54. The maximum Gasteiger partial charge on any atom is 0.155 e. The number of methoxy groups -OCH3 is 1. The predicted octanol–water partition coefficient (Wildman–Crippen LogP) is 3.69. The van der Waals surface area contributed by atoms with Gasteiger partial charge in [0.2, 0.25) is 0 Å². The molecule has 112 valence electrons. The second kappa shape index (κ2) is 7.23. The first-order chi connectivity index (χ1) is 10.2. The van der Waals surface area contributed by atoms with Crippen LogP contribution in [-0.2, 0) is 16.1 Å². The molecule has 0 heterocycles. The van der Waals surface area contributed by atoms with Crippen LogP contribution in [-0.4, -0.2) is 19.5 Å². The van der Waals surface area contributed by atoms with Gasteiger partial charge in [0.05, 0.1) is 20.3 Å². The highest BCUT2D eigenvalue weighted by molar-refractivity contribution is 5.90. The molecule has 0 bridgehead atoms. The second-order valence-corrected chi connectivity index (χ2v) is 5.50. The molecular weight excluding hydrogens is 264 g/mol. The van der Waals surface area contributed by atoms with Crippen molar-refractivity contribution >= 4 is 5.78 Å². The Morgan fingerprint density at radius 1 is 1.33 bits per heavy atom. The lowest BCUT2D eigenvalue weighted by atomic mass is 9.77. The van der Waals surface area contributed by atoms with E-state index in [9.17, 15) is 4.79 Å². The topological polar surface area (TPSA) is 35.5 Å². The molecule has 0 spiro atoms. The van der Waals surface area contributed by atoms with Crippen LogP contribution in [0.3, 0.4) is 0 Å². The number of hydrogen-bond acceptors (Lipinski definition) is 3. The highest BCUT2D eigenvalue weighted by Gasteiger charge is 2.29. The summed E-state index contributed by atoms with van der Waals surface area (Å²) in [6, 6.07) is 7.85. The molecule has 0 saturated heterocycles. The first-order valence-corrected chi connectivity index (χ1v) is 7.21. The highest BCUT2D eigenvalue weighted by atomic mass is 16.5. The Morgan fingerprint density at radius 3 is 2.67 bits per heavy atom. The Kier molecular flexibility index (Phi) is 5.34. The second-order valence-electron chi connectivity index (χ2n) is 5.50. The highest BCUT2D eigenvalue weighted by Crippen LogP contribution is 2.34. The minimum Gasteiger partial charge on any atom is -0.497 e. The van der Waals surface area contributed by atoms with E-state index in [4.69, 9.17) is 9.47 Å². The van der Waals surface area contributed by atoms with Gasteiger partial charge in [-0.3, -0.25) is 4.79 Å². The van der Waals surface area contributed by atoms with Crippen LogP contribution in [0.2, 0.25) is 0 Å². The molecule has 21 heavy (non-hydrogen) atoms. The van der Waals surface area contributed by atoms with Crippen molar-refractivity contribution in [1.29, 1.82) is 0 Å². The predicted molar refractivity (Wildman–Crippen MR) is 83.3 cm³/mol. The smallest absolute Gasteiger partial charge is 0.155 e. The third kappa shape index (κ3) is 4.30. The molecule has 2 rings (SSSR count). The van der Waals surface area contributed by atoms with Crippen molar-refractivity contribution in [2.45, 2.75) is 25.9 Å². The van der Waals surface area contributed by atoms with Crippen molar-refractivity contribution in [3.05, 3.63) is 54.6 Å². The van der Waals surface area contributed by atoms with Crippen LogP contribution < -0.4 is 4.74 Å². The Morgan fingerprint density at radius 2 is 2.10 bits per heavy atom. The molecule has 1 aliphatic rings. The summed E-state index contributed by atoms with van der Waals surface area (Å²) in [7, 11) is 1.65. The van der Waals surface area contributed by atoms with E-state index < -0.39 is 0 Å². The van der Waals surface area contributed by atoms with Gasteiger partial charge in [-0.25, -0.2) is 0 Å². The van der Waals surface area contributed by atoms with E-state index >= 15 is 0 Å². The van der Waals surface area contributed by atoms with Crippen LogP contribution in [0.15, 0.2) is 49.1 Å². The molecule has 0 amide bonds. The molecule has 0 fully saturated rings. The number of hydrogen-bond donors (Lipinski definition) is 0. The maximum absolute atomic E-state index is 11.3. The molecule has 0 aliphatic heterocycles. The summed E-state index contributed by atoms with van der Waals surface area (Å²) in [5, 5.41) is 0. The first kappa shape index (κ1) is 15.5. The van der Waals surface area contributed by atoms with E-state index in [0.29, 0.717) is 19.6 Å². The lowest BCUT2D eigenvalue weighted by molar-refractivity contribution is -0.116. The van der Waals surface area contributed by atoms with Gasteiger partial charge in [-0.1, -0.05) is 24.3 Å². The molecule has 3 heteroatoms. The first-order valence-electron chi connectivity index (χ1n) is 7.21. The van der Waals surface area contributed by atoms with Crippen LogP contribution in [0.25, 0.3) is 0 Å². The quantitative estimate of drug-likeness (QED) is 0.717. The van der Waals surface area contributed by atoms with Crippen molar-refractivity contribution in [2.75, 3.05) is 13.7 Å². The minimum absolute atomic E-state index is 0.0812. The number of carbonyl (C=O) groups is 1. The molecule has 0 N–H and O–H groups in total. The third-order valence-electron chi connectivity index (χ3n) is 3.86. The number of carbonyl (C=O) groups excluding carboxylic acids is 1. The average Bonchev–Trinajstić information content (AvgIpc) is 2.51. The van der Waals surface area contributed by atoms with E-state index in [1.807, 2.05) is 36.4 Å². The fraction of sp³-hybridized carbons (Fsp3) is 0.389. The van der Waals surface area contributed by atoms with Crippen molar-refractivity contribution in [2.24, 2.45) is 5.41 Å². The van der Waals surface area contributed by atoms with Crippen molar-refractivity contribution in [1.82, 2.24) is 0 Å². The van der Waals surface area contributed by atoms with Crippen molar-refractivity contribution in [3.8, 4) is 5.75 Å². The molecule has 3 nitrogen and oxygen atoms in total. The molecular formula is C18H22O3. The van der Waals surface area contributed by atoms with Gasteiger partial charge < -0.3 is 9.47 Å². The Labute approximate surface area is 126 Å². The van der Waals surface area contributed by atoms with E-state index in [2.05, 4.69) is 6.58 Å². The standard InChI is InChI=1S/C18H22O3/c1-3-10-18(11-8-16(19)9-12-18)14-21-13-15-4-6-17(20-2)7-5-15/h3-8,11H,1,9-10,12-14H2,2H3/t18-/m1/s1. The summed E-state index contributed by atoms with van der Waals surface area (Å²) < 4.78 is 11.0. The van der Waals surface area contributed by atoms with Crippen LogP contribution in [0.4, 0.5) is 0 Å². The zero-order valence-corrected chi connectivity index (χ0v) is 12.5. The molecule has 0 aromatic heterocycles. The van der Waals surface area contributed by atoms with Crippen LogP contribution in [0.5, 0.6) is 5.75 Å². The molecule has 0 unspecified atom stereocenters. The average molecular weight is 286 g/mol. The number of benzene rings is 1. The van der Waals surface area contributed by atoms with E-state index in [1.165, 1.54) is 0 Å². The van der Waals surface area contributed by atoms with E-state index in [1.54, 1.807) is 13.2 Å². The summed E-state index contributed by atoms with van der Waals surface area (Å²) in [4.78, 5) is 11.3. The third-order valence-corrected chi connectivity index (χ3v) is 3.86. The maximum atomic E-state index is 11.3. The van der Waals surface area contributed by atoms with Gasteiger partial charge in [0.15, 0.2) is 5.78 Å². The Balaban J connectivity index is 1.91. The Hall–Kier alpha value is -1.87.